The molecule has 0 spiro atoms. The lowest BCUT2D eigenvalue weighted by Crippen LogP contribution is -1.99. The van der Waals surface area contributed by atoms with Crippen LogP contribution in [0.3, 0.4) is 0 Å². The number of hydrogen-bond acceptors (Lipinski definition) is 3. The molecular formula is C15H11FO3S. The maximum atomic E-state index is 12.1. The molecule has 1 heterocycles. The van der Waals surface area contributed by atoms with Crippen LogP contribution >= 0.6 is 11.3 Å². The lowest BCUT2D eigenvalue weighted by Gasteiger charge is -1.99. The van der Waals surface area contributed by atoms with Crippen LogP contribution < -0.4 is 5.43 Å². The number of hydrogen-bond donors (Lipinski definition) is 1. The van der Waals surface area contributed by atoms with Gasteiger partial charge in [0, 0.05) is 20.2 Å². The van der Waals surface area contributed by atoms with E-state index in [1.165, 1.54) is 0 Å². The monoisotopic (exact) mass is 290 g/mol. The average Bonchev–Trinajstić information content (AvgIpc) is 2.48. The minimum absolute atomic E-state index is 0.139. The zero-order valence-electron chi connectivity index (χ0n) is 10.4. The second kappa shape index (κ2) is 6.25. The smallest absolute Gasteiger partial charge is 0.335 e. The summed E-state index contributed by atoms with van der Waals surface area (Å²) in [6, 6.07) is 15.5. The molecule has 3 nitrogen and oxygen atoms in total. The molecule has 0 aliphatic carbocycles. The Hall–Kier alpha value is -2.27. The first-order valence-electron chi connectivity index (χ1n) is 5.82. The molecule has 2 aromatic carbocycles. The third kappa shape index (κ3) is 3.00. The molecule has 1 N–H and O–H groups in total. The number of halogens is 1. The van der Waals surface area contributed by atoms with Crippen LogP contribution in [-0.2, 0) is 4.79 Å². The van der Waals surface area contributed by atoms with E-state index in [1.807, 2.05) is 48.5 Å². The van der Waals surface area contributed by atoms with Crippen molar-refractivity contribution < 1.29 is 14.3 Å². The van der Waals surface area contributed by atoms with Gasteiger partial charge in [0.2, 0.25) is 0 Å². The minimum atomic E-state index is -1.41. The van der Waals surface area contributed by atoms with Gasteiger partial charge in [0.15, 0.2) is 12.1 Å². The van der Waals surface area contributed by atoms with E-state index < -0.39 is 12.6 Å². The molecule has 0 fully saturated rings. The summed E-state index contributed by atoms with van der Waals surface area (Å²) in [5.41, 5.74) is 0.139. The summed E-state index contributed by atoms with van der Waals surface area (Å²) in [4.78, 5) is 21.1. The predicted octanol–water partition coefficient (Wildman–Crippen LogP) is 3.46. The zero-order chi connectivity index (χ0) is 14.5. The Kier molecular flexibility index (Phi) is 4.42. The van der Waals surface area contributed by atoms with Crippen molar-refractivity contribution in [2.24, 2.45) is 0 Å². The van der Waals surface area contributed by atoms with Crippen molar-refractivity contribution in [1.29, 1.82) is 0 Å². The number of rotatable bonds is 1. The van der Waals surface area contributed by atoms with Crippen LogP contribution in [0.25, 0.3) is 20.2 Å². The van der Waals surface area contributed by atoms with Gasteiger partial charge >= 0.3 is 5.97 Å². The molecule has 5 heteroatoms. The average molecular weight is 290 g/mol. The Morgan fingerprint density at radius 1 is 1.00 bits per heavy atom. The van der Waals surface area contributed by atoms with Crippen molar-refractivity contribution in [3.05, 3.63) is 58.8 Å². The number of carboxylic acids is 1. The standard InChI is InChI=1S/C13H8OS.C2H3FO2/c14-13-9-5-1-3-7-11(9)15-12-8-4-2-6-10(12)13;3-1-2(4)5/h1-8H;1H2,(H,4,5). The first-order valence-corrected chi connectivity index (χ1v) is 6.63. The second-order valence-corrected chi connectivity index (χ2v) is 5.03. The maximum absolute atomic E-state index is 12.1. The minimum Gasteiger partial charge on any atom is -0.479 e. The van der Waals surface area contributed by atoms with Gasteiger partial charge in [0.1, 0.15) is 0 Å². The van der Waals surface area contributed by atoms with E-state index in [4.69, 9.17) is 9.90 Å². The highest BCUT2D eigenvalue weighted by Gasteiger charge is 2.03. The first-order chi connectivity index (χ1) is 9.63. The molecule has 3 rings (SSSR count). The van der Waals surface area contributed by atoms with Gasteiger partial charge in [0.25, 0.3) is 0 Å². The van der Waals surface area contributed by atoms with Gasteiger partial charge in [-0.1, -0.05) is 24.3 Å². The number of carboxylic acid groups (broad SMARTS) is 1. The Morgan fingerprint density at radius 3 is 1.80 bits per heavy atom. The summed E-state index contributed by atoms with van der Waals surface area (Å²) in [5.74, 6) is -1.41. The number of fused-ring (bicyclic) bond motifs is 2. The van der Waals surface area contributed by atoms with E-state index in [2.05, 4.69) is 0 Å². The highest BCUT2D eigenvalue weighted by atomic mass is 32.1. The van der Waals surface area contributed by atoms with Gasteiger partial charge in [-0.25, -0.2) is 9.18 Å². The van der Waals surface area contributed by atoms with E-state index in [0.717, 1.165) is 20.2 Å². The first kappa shape index (κ1) is 14.1. The van der Waals surface area contributed by atoms with E-state index >= 15 is 0 Å². The molecule has 0 amide bonds. The molecule has 0 radical (unpaired) electrons. The maximum Gasteiger partial charge on any atom is 0.335 e. The molecule has 0 saturated heterocycles. The topological polar surface area (TPSA) is 54.4 Å². The van der Waals surface area contributed by atoms with E-state index in [1.54, 1.807) is 11.3 Å². The molecule has 20 heavy (non-hydrogen) atoms. The highest BCUT2D eigenvalue weighted by Crippen LogP contribution is 2.23. The molecule has 102 valence electrons. The third-order valence-electron chi connectivity index (χ3n) is 2.60. The van der Waals surface area contributed by atoms with Gasteiger partial charge < -0.3 is 5.11 Å². The lowest BCUT2D eigenvalue weighted by atomic mass is 10.2. The Bertz CT molecular complexity index is 754. The lowest BCUT2D eigenvalue weighted by molar-refractivity contribution is -0.137. The zero-order valence-corrected chi connectivity index (χ0v) is 11.2. The normalized spacial score (nSPS) is 10.1. The summed E-state index contributed by atoms with van der Waals surface area (Å²) >= 11 is 1.67. The van der Waals surface area contributed by atoms with Crippen LogP contribution in [-0.4, -0.2) is 17.8 Å². The van der Waals surface area contributed by atoms with Crippen molar-refractivity contribution in [2.45, 2.75) is 0 Å². The van der Waals surface area contributed by atoms with Crippen molar-refractivity contribution in [3.8, 4) is 0 Å². The van der Waals surface area contributed by atoms with E-state index in [0.29, 0.717) is 0 Å². The summed E-state index contributed by atoms with van der Waals surface area (Å²) in [6.07, 6.45) is 0. The van der Waals surface area contributed by atoms with Gasteiger partial charge in [-0.2, -0.15) is 0 Å². The van der Waals surface area contributed by atoms with Gasteiger partial charge in [-0.05, 0) is 24.3 Å². The van der Waals surface area contributed by atoms with Crippen LogP contribution in [0.2, 0.25) is 0 Å². The van der Waals surface area contributed by atoms with Gasteiger partial charge in [0.05, 0.1) is 0 Å². The molecule has 0 bridgehead atoms. The second-order valence-electron chi connectivity index (χ2n) is 3.95. The molecule has 0 unspecified atom stereocenters. The van der Waals surface area contributed by atoms with Crippen molar-refractivity contribution in [1.82, 2.24) is 0 Å². The molecule has 3 aromatic rings. The summed E-state index contributed by atoms with van der Waals surface area (Å²) in [5, 5.41) is 8.99. The van der Waals surface area contributed by atoms with Crippen molar-refractivity contribution in [3.63, 3.8) is 0 Å². The molecule has 1 aromatic heterocycles. The number of benzene rings is 2. The van der Waals surface area contributed by atoms with E-state index in [-0.39, 0.29) is 5.43 Å². The summed E-state index contributed by atoms with van der Waals surface area (Å²) < 4.78 is 12.6. The molecular weight excluding hydrogens is 279 g/mol. The Balaban J connectivity index is 0.000000257. The SMILES string of the molecule is O=C(O)CF.O=c1c2ccccc2sc2ccccc12. The fraction of sp³-hybridized carbons (Fsp3) is 0.0667. The van der Waals surface area contributed by atoms with Gasteiger partial charge in [-0.3, -0.25) is 4.79 Å². The van der Waals surface area contributed by atoms with Crippen LogP contribution in [0.5, 0.6) is 0 Å². The third-order valence-corrected chi connectivity index (χ3v) is 3.75. The molecule has 0 aliphatic rings. The summed E-state index contributed by atoms with van der Waals surface area (Å²) in [7, 11) is 0. The Labute approximate surface area is 117 Å². The Morgan fingerprint density at radius 2 is 1.40 bits per heavy atom. The van der Waals surface area contributed by atoms with Crippen molar-refractivity contribution >= 4 is 37.5 Å². The van der Waals surface area contributed by atoms with E-state index in [9.17, 15) is 9.18 Å². The van der Waals surface area contributed by atoms with Crippen LogP contribution in [0, 0.1) is 0 Å². The fourth-order valence-electron chi connectivity index (χ4n) is 1.75. The number of aliphatic carboxylic acids is 1. The summed E-state index contributed by atoms with van der Waals surface area (Å²) in [6.45, 7) is -1.28. The molecule has 0 saturated carbocycles. The van der Waals surface area contributed by atoms with Crippen LogP contribution in [0.4, 0.5) is 4.39 Å². The molecule has 0 atom stereocenters. The quantitative estimate of drug-likeness (QED) is 0.698. The predicted molar refractivity (Wildman–Crippen MR) is 79.2 cm³/mol. The van der Waals surface area contributed by atoms with Crippen LogP contribution in [0.1, 0.15) is 0 Å². The van der Waals surface area contributed by atoms with Crippen LogP contribution in [0.15, 0.2) is 53.3 Å². The fourth-order valence-corrected chi connectivity index (χ4v) is 2.82. The molecule has 0 aliphatic heterocycles. The highest BCUT2D eigenvalue weighted by molar-refractivity contribution is 7.24. The largest absolute Gasteiger partial charge is 0.479 e. The van der Waals surface area contributed by atoms with Gasteiger partial charge in [-0.15, -0.1) is 11.3 Å². The van der Waals surface area contributed by atoms with Crippen molar-refractivity contribution in [2.75, 3.05) is 6.67 Å². The number of alkyl halides is 1. The number of carbonyl (C=O) groups is 1.